The maximum atomic E-state index is 12.7. The highest BCUT2D eigenvalue weighted by atomic mass is 32.1. The van der Waals surface area contributed by atoms with Crippen LogP contribution in [0.5, 0.6) is 5.75 Å². The zero-order valence-corrected chi connectivity index (χ0v) is 15.9. The summed E-state index contributed by atoms with van der Waals surface area (Å²) in [6, 6.07) is 11.3. The van der Waals surface area contributed by atoms with Gasteiger partial charge in [-0.05, 0) is 37.6 Å². The molecule has 1 N–H and O–H groups in total. The Morgan fingerprint density at radius 2 is 2.12 bits per heavy atom. The van der Waals surface area contributed by atoms with Crippen molar-refractivity contribution in [3.8, 4) is 16.3 Å². The minimum atomic E-state index is -0.164. The Morgan fingerprint density at radius 3 is 2.88 bits per heavy atom. The number of hydrogen-bond donors (Lipinski definition) is 1. The van der Waals surface area contributed by atoms with Crippen molar-refractivity contribution in [1.82, 2.24) is 9.97 Å². The average molecular weight is 367 g/mol. The van der Waals surface area contributed by atoms with E-state index in [1.54, 1.807) is 19.4 Å². The van der Waals surface area contributed by atoms with Gasteiger partial charge in [0.15, 0.2) is 0 Å². The maximum Gasteiger partial charge on any atom is 0.267 e. The quantitative estimate of drug-likeness (QED) is 0.684. The van der Waals surface area contributed by atoms with Crippen LogP contribution in [0, 0.1) is 6.92 Å². The van der Waals surface area contributed by atoms with E-state index in [0.717, 1.165) is 34.8 Å². The summed E-state index contributed by atoms with van der Waals surface area (Å²) < 4.78 is 5.19. The van der Waals surface area contributed by atoms with Crippen molar-refractivity contribution in [1.29, 1.82) is 0 Å². The molecule has 0 atom stereocenters. The van der Waals surface area contributed by atoms with Gasteiger partial charge in [-0.2, -0.15) is 0 Å². The number of benzene rings is 1. The number of hydrogen-bond acceptors (Lipinski definition) is 5. The molecule has 1 amide bonds. The van der Waals surface area contributed by atoms with Crippen LogP contribution in [0.2, 0.25) is 0 Å². The van der Waals surface area contributed by atoms with Gasteiger partial charge < -0.3 is 10.1 Å². The lowest BCUT2D eigenvalue weighted by Gasteiger charge is -2.06. The van der Waals surface area contributed by atoms with Crippen molar-refractivity contribution in [3.63, 3.8) is 0 Å². The number of carbonyl (C=O) groups excluding carboxylic acids is 1. The number of rotatable bonds is 6. The van der Waals surface area contributed by atoms with Gasteiger partial charge in [-0.3, -0.25) is 9.78 Å². The molecule has 5 nitrogen and oxygen atoms in total. The Morgan fingerprint density at radius 1 is 1.27 bits per heavy atom. The lowest BCUT2D eigenvalue weighted by atomic mass is 10.2. The molecule has 2 aromatic heterocycles. The number of pyridine rings is 1. The molecule has 134 valence electrons. The second kappa shape index (κ2) is 8.10. The molecule has 0 saturated carbocycles. The number of methoxy groups -OCH3 is 1. The van der Waals surface area contributed by atoms with E-state index in [1.165, 1.54) is 11.3 Å². The number of carbonyl (C=O) groups is 1. The van der Waals surface area contributed by atoms with Crippen LogP contribution in [0.4, 0.5) is 5.69 Å². The lowest BCUT2D eigenvalue weighted by molar-refractivity contribution is 0.103. The third-order valence-corrected chi connectivity index (χ3v) is 5.11. The van der Waals surface area contributed by atoms with Crippen molar-refractivity contribution >= 4 is 22.9 Å². The molecule has 3 aromatic rings. The summed E-state index contributed by atoms with van der Waals surface area (Å²) in [5.74, 6) is 0.534. The Bertz CT molecular complexity index is 921. The highest BCUT2D eigenvalue weighted by molar-refractivity contribution is 7.17. The van der Waals surface area contributed by atoms with Gasteiger partial charge in [0.1, 0.15) is 15.6 Å². The number of amides is 1. The number of ether oxygens (including phenoxy) is 1. The predicted octanol–water partition coefficient (Wildman–Crippen LogP) is 4.73. The summed E-state index contributed by atoms with van der Waals surface area (Å²) in [4.78, 5) is 22.2. The SMILES string of the molecule is CCCc1cc(-c2nc(C)c(C(=O)Nc3cccc(OC)c3)s2)ccn1. The fourth-order valence-electron chi connectivity index (χ4n) is 2.62. The number of thiazole rings is 1. The van der Waals surface area contributed by atoms with Crippen molar-refractivity contribution in [3.05, 3.63) is 58.9 Å². The van der Waals surface area contributed by atoms with Gasteiger partial charge in [0, 0.05) is 29.2 Å². The van der Waals surface area contributed by atoms with Crippen LogP contribution in [-0.4, -0.2) is 23.0 Å². The predicted molar refractivity (Wildman–Crippen MR) is 105 cm³/mol. The second-order valence-electron chi connectivity index (χ2n) is 5.91. The maximum absolute atomic E-state index is 12.7. The first-order valence-corrected chi connectivity index (χ1v) is 9.30. The van der Waals surface area contributed by atoms with E-state index in [-0.39, 0.29) is 5.91 Å². The molecule has 0 unspecified atom stereocenters. The molecule has 0 fully saturated rings. The van der Waals surface area contributed by atoms with E-state index in [9.17, 15) is 4.79 Å². The van der Waals surface area contributed by atoms with Crippen LogP contribution in [0.25, 0.3) is 10.6 Å². The van der Waals surface area contributed by atoms with Gasteiger partial charge in [-0.15, -0.1) is 11.3 Å². The van der Waals surface area contributed by atoms with Crippen LogP contribution in [0.3, 0.4) is 0 Å². The summed E-state index contributed by atoms with van der Waals surface area (Å²) in [5, 5.41) is 3.74. The summed E-state index contributed by atoms with van der Waals surface area (Å²) in [6.07, 6.45) is 3.77. The van der Waals surface area contributed by atoms with Gasteiger partial charge in [0.05, 0.1) is 12.8 Å². The van der Waals surface area contributed by atoms with E-state index < -0.39 is 0 Å². The van der Waals surface area contributed by atoms with Gasteiger partial charge in [0.25, 0.3) is 5.91 Å². The lowest BCUT2D eigenvalue weighted by Crippen LogP contribution is -2.11. The molecule has 0 aliphatic rings. The molecule has 0 spiro atoms. The fourth-order valence-corrected chi connectivity index (χ4v) is 3.58. The molecule has 6 heteroatoms. The first-order valence-electron chi connectivity index (χ1n) is 8.49. The molecule has 0 saturated heterocycles. The summed E-state index contributed by atoms with van der Waals surface area (Å²) >= 11 is 1.39. The highest BCUT2D eigenvalue weighted by Crippen LogP contribution is 2.29. The Hall–Kier alpha value is -2.73. The Kier molecular flexibility index (Phi) is 5.63. The molecule has 0 aliphatic heterocycles. The molecule has 0 radical (unpaired) electrons. The molecule has 0 bridgehead atoms. The van der Waals surface area contributed by atoms with Crippen molar-refractivity contribution in [2.24, 2.45) is 0 Å². The molecular formula is C20H21N3O2S. The van der Waals surface area contributed by atoms with Crippen LogP contribution >= 0.6 is 11.3 Å². The van der Waals surface area contributed by atoms with Gasteiger partial charge in [-0.1, -0.05) is 19.4 Å². The number of nitrogens with zero attached hydrogens (tertiary/aromatic N) is 2. The largest absolute Gasteiger partial charge is 0.497 e. The minimum Gasteiger partial charge on any atom is -0.497 e. The van der Waals surface area contributed by atoms with Crippen molar-refractivity contribution < 1.29 is 9.53 Å². The second-order valence-corrected chi connectivity index (χ2v) is 6.90. The van der Waals surface area contributed by atoms with Crippen molar-refractivity contribution in [2.75, 3.05) is 12.4 Å². The molecule has 1 aromatic carbocycles. The van der Waals surface area contributed by atoms with E-state index in [2.05, 4.69) is 22.2 Å². The number of nitrogens with one attached hydrogen (secondary N) is 1. The number of aromatic nitrogens is 2. The van der Waals surface area contributed by atoms with Crippen LogP contribution < -0.4 is 10.1 Å². The van der Waals surface area contributed by atoms with E-state index in [4.69, 9.17) is 4.74 Å². The summed E-state index contributed by atoms with van der Waals surface area (Å²) in [7, 11) is 1.60. The van der Waals surface area contributed by atoms with Crippen LogP contribution in [0.1, 0.15) is 34.4 Å². The normalized spacial score (nSPS) is 10.6. The van der Waals surface area contributed by atoms with E-state index >= 15 is 0 Å². The van der Waals surface area contributed by atoms with Gasteiger partial charge >= 0.3 is 0 Å². The van der Waals surface area contributed by atoms with Gasteiger partial charge in [0.2, 0.25) is 0 Å². The molecule has 26 heavy (non-hydrogen) atoms. The number of anilines is 1. The molecule has 0 aliphatic carbocycles. The Labute approximate surface area is 157 Å². The average Bonchev–Trinajstić information content (AvgIpc) is 3.04. The third kappa shape index (κ3) is 4.08. The first kappa shape index (κ1) is 18.1. The molecular weight excluding hydrogens is 346 g/mol. The van der Waals surface area contributed by atoms with Gasteiger partial charge in [-0.25, -0.2) is 4.98 Å². The number of aryl methyl sites for hydroxylation is 2. The summed E-state index contributed by atoms with van der Waals surface area (Å²) in [5.41, 5.74) is 3.45. The zero-order valence-electron chi connectivity index (χ0n) is 15.1. The van der Waals surface area contributed by atoms with Crippen molar-refractivity contribution in [2.45, 2.75) is 26.7 Å². The smallest absolute Gasteiger partial charge is 0.267 e. The van der Waals surface area contributed by atoms with E-state index in [0.29, 0.717) is 16.3 Å². The fraction of sp³-hybridized carbons (Fsp3) is 0.250. The Balaban J connectivity index is 1.83. The first-order chi connectivity index (χ1) is 12.6. The minimum absolute atomic E-state index is 0.164. The van der Waals surface area contributed by atoms with E-state index in [1.807, 2.05) is 37.3 Å². The topological polar surface area (TPSA) is 64.1 Å². The van der Waals surface area contributed by atoms with Crippen LogP contribution in [-0.2, 0) is 6.42 Å². The standard InChI is InChI=1S/C20H21N3O2S/c1-4-6-15-11-14(9-10-21-15)20-22-13(2)18(26-20)19(24)23-16-7-5-8-17(12-16)25-3/h5,7-12H,4,6H2,1-3H3,(H,23,24). The monoisotopic (exact) mass is 367 g/mol. The third-order valence-electron chi connectivity index (χ3n) is 3.90. The molecule has 2 heterocycles. The summed E-state index contributed by atoms with van der Waals surface area (Å²) in [6.45, 7) is 3.98. The highest BCUT2D eigenvalue weighted by Gasteiger charge is 2.17. The van der Waals surface area contributed by atoms with Crippen LogP contribution in [0.15, 0.2) is 42.6 Å². The molecule has 3 rings (SSSR count). The zero-order chi connectivity index (χ0) is 18.5.